The highest BCUT2D eigenvalue weighted by Crippen LogP contribution is 2.58. The summed E-state index contributed by atoms with van der Waals surface area (Å²) in [5.74, 6) is -1.98. The smallest absolute Gasteiger partial charge is 0.325 e. The van der Waals surface area contributed by atoms with E-state index in [1.165, 1.54) is 4.31 Å². The van der Waals surface area contributed by atoms with Crippen LogP contribution in [0.5, 0.6) is 0 Å². The molecule has 2 fully saturated rings. The maximum Gasteiger partial charge on any atom is 0.325 e. The van der Waals surface area contributed by atoms with Crippen molar-refractivity contribution in [1.29, 1.82) is 0 Å². The lowest BCUT2D eigenvalue weighted by molar-refractivity contribution is -0.140. The van der Waals surface area contributed by atoms with Crippen LogP contribution in [0.2, 0.25) is 10.0 Å². The lowest BCUT2D eigenvalue weighted by Crippen LogP contribution is -2.51. The molecule has 2 aromatic rings. The number of carboxylic acids is 1. The lowest BCUT2D eigenvalue weighted by Gasteiger charge is -2.22. The largest absolute Gasteiger partial charge is 0.480 e. The van der Waals surface area contributed by atoms with Gasteiger partial charge in [-0.15, -0.1) is 0 Å². The predicted molar refractivity (Wildman–Crippen MR) is 122 cm³/mol. The molecule has 0 spiro atoms. The highest BCUT2D eigenvalue weighted by Gasteiger charge is 2.70. The predicted octanol–water partition coefficient (Wildman–Crippen LogP) is 3.68. The number of rotatable bonds is 8. The number of nitrogens with zero attached hydrogens (tertiary/aromatic N) is 1. The van der Waals surface area contributed by atoms with E-state index in [1.54, 1.807) is 25.1 Å². The topological polar surface area (TPSA) is 95.9 Å². The van der Waals surface area contributed by atoms with E-state index in [9.17, 15) is 18.3 Å². The number of benzene rings is 2. The van der Waals surface area contributed by atoms with Crippen molar-refractivity contribution in [3.63, 3.8) is 0 Å². The van der Waals surface area contributed by atoms with Gasteiger partial charge in [0.2, 0.25) is 0 Å². The van der Waals surface area contributed by atoms with Gasteiger partial charge in [-0.25, -0.2) is 0 Å². The van der Waals surface area contributed by atoms with Crippen molar-refractivity contribution < 1.29 is 23.1 Å². The third-order valence-electron chi connectivity index (χ3n) is 6.35. The molecule has 4 atom stereocenters. The number of aliphatic carboxylic acids is 1. The molecule has 2 aromatic carbocycles. The summed E-state index contributed by atoms with van der Waals surface area (Å²) in [7, 11) is -4.02. The minimum absolute atomic E-state index is 0.140. The normalized spacial score (nSPS) is 28.0. The van der Waals surface area contributed by atoms with E-state index >= 15 is 0 Å². The van der Waals surface area contributed by atoms with Crippen molar-refractivity contribution in [3.8, 4) is 0 Å². The molecule has 1 aliphatic carbocycles. The average Bonchev–Trinajstić information content (AvgIpc) is 3.09. The van der Waals surface area contributed by atoms with Crippen LogP contribution in [0, 0.1) is 5.92 Å². The van der Waals surface area contributed by atoms with Crippen LogP contribution in [0.3, 0.4) is 0 Å². The molecule has 1 heterocycles. The summed E-state index contributed by atoms with van der Waals surface area (Å²) in [5.41, 5.74) is 0.00101. The molecule has 0 radical (unpaired) electrons. The monoisotopic (exact) mass is 498 g/mol. The van der Waals surface area contributed by atoms with Crippen molar-refractivity contribution in [3.05, 3.63) is 69.7 Å². The molecule has 10 heteroatoms. The first-order chi connectivity index (χ1) is 15.1. The third kappa shape index (κ3) is 4.40. The highest BCUT2D eigenvalue weighted by molar-refractivity contribution is 7.87. The van der Waals surface area contributed by atoms with Crippen molar-refractivity contribution in [2.75, 3.05) is 13.1 Å². The van der Waals surface area contributed by atoms with Gasteiger partial charge in [0, 0.05) is 29.1 Å². The standard InChI is InChI=1S/C22H24Cl2N2O5S/c1-14-20(15-5-3-2-4-6-15)22(14,21(27)28)25-32(29,30)26-10-9-18(12-26)31-13-16-7-8-17(23)11-19(16)24/h2-8,11,14,18,20,25H,9-10,12-13H2,1H3,(H,27,28)/t14?,18?,20-,22+/m1/s1. The van der Waals surface area contributed by atoms with E-state index in [-0.39, 0.29) is 31.7 Å². The first-order valence-electron chi connectivity index (χ1n) is 10.3. The van der Waals surface area contributed by atoms with Gasteiger partial charge in [-0.2, -0.15) is 17.4 Å². The quantitative estimate of drug-likeness (QED) is 0.578. The third-order valence-corrected chi connectivity index (χ3v) is 8.54. The summed E-state index contributed by atoms with van der Waals surface area (Å²) in [6.45, 7) is 2.36. The zero-order chi connectivity index (χ0) is 23.1. The van der Waals surface area contributed by atoms with Crippen LogP contribution >= 0.6 is 23.2 Å². The van der Waals surface area contributed by atoms with Gasteiger partial charge < -0.3 is 9.84 Å². The second-order valence-electron chi connectivity index (χ2n) is 8.27. The van der Waals surface area contributed by atoms with E-state index in [2.05, 4.69) is 4.72 Å². The van der Waals surface area contributed by atoms with Crippen molar-refractivity contribution in [2.24, 2.45) is 5.92 Å². The SMILES string of the molecule is CC1[C@H](c2ccccc2)[C@]1(NS(=O)(=O)N1CCC(OCc2ccc(Cl)cc2Cl)C1)C(=O)O. The van der Waals surface area contributed by atoms with Gasteiger partial charge in [-0.05, 0) is 35.6 Å². The number of halogens is 2. The molecule has 2 N–H and O–H groups in total. The molecule has 0 bridgehead atoms. The first kappa shape index (κ1) is 23.5. The number of carboxylic acid groups (broad SMARTS) is 1. The van der Waals surface area contributed by atoms with Crippen molar-refractivity contribution in [2.45, 2.75) is 37.5 Å². The van der Waals surface area contributed by atoms with Crippen LogP contribution in [-0.2, 0) is 26.3 Å². The van der Waals surface area contributed by atoms with Crippen LogP contribution in [0.4, 0.5) is 0 Å². The van der Waals surface area contributed by atoms with E-state index in [4.69, 9.17) is 27.9 Å². The second-order valence-corrected chi connectivity index (χ2v) is 10.8. The summed E-state index contributed by atoms with van der Waals surface area (Å²) in [6.07, 6.45) is 0.185. The van der Waals surface area contributed by atoms with Gasteiger partial charge in [0.05, 0.1) is 12.7 Å². The highest BCUT2D eigenvalue weighted by atomic mass is 35.5. The number of nitrogens with one attached hydrogen (secondary N) is 1. The molecule has 4 rings (SSSR count). The Bertz CT molecular complexity index is 1110. The number of hydrogen-bond donors (Lipinski definition) is 2. The Labute approximate surface area is 197 Å². The molecule has 0 aromatic heterocycles. The zero-order valence-electron chi connectivity index (χ0n) is 17.4. The molecule has 1 saturated heterocycles. The van der Waals surface area contributed by atoms with Gasteiger partial charge in [0.1, 0.15) is 5.54 Å². The maximum absolute atomic E-state index is 13.1. The summed E-state index contributed by atoms with van der Waals surface area (Å²) in [6, 6.07) is 14.2. The van der Waals surface area contributed by atoms with Crippen LogP contribution in [0.1, 0.15) is 30.4 Å². The molecule has 32 heavy (non-hydrogen) atoms. The maximum atomic E-state index is 13.1. The molecular weight excluding hydrogens is 475 g/mol. The fourth-order valence-corrected chi connectivity index (χ4v) is 6.60. The Morgan fingerprint density at radius 3 is 2.62 bits per heavy atom. The summed E-state index contributed by atoms with van der Waals surface area (Å²) >= 11 is 12.1. The fourth-order valence-electron chi connectivity index (χ4n) is 4.48. The summed E-state index contributed by atoms with van der Waals surface area (Å²) < 4.78 is 35.8. The molecule has 2 unspecified atom stereocenters. The van der Waals surface area contributed by atoms with Crippen LogP contribution < -0.4 is 4.72 Å². The number of ether oxygens (including phenoxy) is 1. The van der Waals surface area contributed by atoms with Gasteiger partial charge >= 0.3 is 5.97 Å². The first-order valence-corrected chi connectivity index (χ1v) is 12.5. The molecule has 1 aliphatic heterocycles. The Kier molecular flexibility index (Phi) is 6.55. The zero-order valence-corrected chi connectivity index (χ0v) is 19.7. The van der Waals surface area contributed by atoms with Gasteiger partial charge in [-0.3, -0.25) is 4.79 Å². The Morgan fingerprint density at radius 2 is 1.97 bits per heavy atom. The fraction of sp³-hybridized carbons (Fsp3) is 0.409. The van der Waals surface area contributed by atoms with Gasteiger partial charge in [0.15, 0.2) is 0 Å². The van der Waals surface area contributed by atoms with Crippen LogP contribution in [0.15, 0.2) is 48.5 Å². The summed E-state index contributed by atoms with van der Waals surface area (Å²) in [4.78, 5) is 12.2. The van der Waals surface area contributed by atoms with Crippen molar-refractivity contribution >= 4 is 39.4 Å². The Morgan fingerprint density at radius 1 is 1.25 bits per heavy atom. The lowest BCUT2D eigenvalue weighted by atomic mass is 10.1. The van der Waals surface area contributed by atoms with E-state index < -0.39 is 27.6 Å². The van der Waals surface area contributed by atoms with Crippen LogP contribution in [0.25, 0.3) is 0 Å². The van der Waals surface area contributed by atoms with E-state index in [0.717, 1.165) is 11.1 Å². The molecule has 1 saturated carbocycles. The Balaban J connectivity index is 1.42. The van der Waals surface area contributed by atoms with Crippen molar-refractivity contribution in [1.82, 2.24) is 9.03 Å². The van der Waals surface area contributed by atoms with Gasteiger partial charge in [0.25, 0.3) is 10.2 Å². The summed E-state index contributed by atoms with van der Waals surface area (Å²) in [5, 5.41) is 10.9. The van der Waals surface area contributed by atoms with Gasteiger partial charge in [-0.1, -0.05) is 66.5 Å². The average molecular weight is 499 g/mol. The second kappa shape index (κ2) is 8.93. The van der Waals surface area contributed by atoms with E-state index in [0.29, 0.717) is 16.5 Å². The number of hydrogen-bond acceptors (Lipinski definition) is 4. The Hall–Kier alpha value is -1.68. The molecular formula is C22H24Cl2N2O5S. The molecule has 172 valence electrons. The molecule has 0 amide bonds. The molecule has 2 aliphatic rings. The van der Waals surface area contributed by atoms with E-state index in [1.807, 2.05) is 30.3 Å². The number of carbonyl (C=O) groups is 1. The minimum Gasteiger partial charge on any atom is -0.480 e. The van der Waals surface area contributed by atoms with Crippen LogP contribution in [-0.4, -0.2) is 48.5 Å². The molecule has 7 nitrogen and oxygen atoms in total. The minimum atomic E-state index is -4.02.